The molecule has 0 saturated carbocycles. The number of alkyl halides is 3. The first-order valence-corrected chi connectivity index (χ1v) is 9.77. The van der Waals surface area contributed by atoms with Gasteiger partial charge in [0.25, 0.3) is 0 Å². The van der Waals surface area contributed by atoms with Crippen LogP contribution in [-0.2, 0) is 17.8 Å². The average Bonchev–Trinajstić information content (AvgIpc) is 2.75. The number of aromatic nitrogens is 1. The van der Waals surface area contributed by atoms with E-state index >= 15 is 0 Å². The smallest absolute Gasteiger partial charge is 0.422 e. The Hall–Kier alpha value is -2.28. The molecule has 1 heterocycles. The Morgan fingerprint density at radius 3 is 2.47 bits per heavy atom. The molecule has 0 fully saturated rings. The molecule has 2 aromatic rings. The third-order valence-corrected chi connectivity index (χ3v) is 3.91. The predicted molar refractivity (Wildman–Crippen MR) is 127 cm³/mol. The number of pyridine rings is 1. The summed E-state index contributed by atoms with van der Waals surface area (Å²) >= 11 is 0. The van der Waals surface area contributed by atoms with Crippen molar-refractivity contribution in [3.63, 3.8) is 0 Å². The summed E-state index contributed by atoms with van der Waals surface area (Å²) in [5.41, 5.74) is 1.71. The van der Waals surface area contributed by atoms with Crippen LogP contribution in [0.2, 0.25) is 0 Å². The average molecular weight is 568 g/mol. The van der Waals surface area contributed by atoms with E-state index in [1.807, 2.05) is 19.1 Å². The summed E-state index contributed by atoms with van der Waals surface area (Å²) in [6.45, 7) is 2.97. The van der Waals surface area contributed by atoms with E-state index in [-0.39, 0.29) is 29.7 Å². The Bertz CT molecular complexity index is 821. The van der Waals surface area contributed by atoms with Crippen molar-refractivity contribution in [3.8, 4) is 11.6 Å². The number of nitrogens with one attached hydrogen (secondary N) is 2. The minimum absolute atomic E-state index is 0. The van der Waals surface area contributed by atoms with Crippen LogP contribution in [0, 0.1) is 0 Å². The number of aliphatic imine (C=N–C) groups is 1. The number of hydrogen-bond acceptors (Lipinski definition) is 5. The molecule has 0 amide bonds. The van der Waals surface area contributed by atoms with Gasteiger partial charge in [0, 0.05) is 32.0 Å². The van der Waals surface area contributed by atoms with Crippen molar-refractivity contribution in [2.24, 2.45) is 4.99 Å². The first-order chi connectivity index (χ1) is 14.9. The maximum Gasteiger partial charge on any atom is 0.422 e. The molecule has 0 saturated heterocycles. The van der Waals surface area contributed by atoms with Gasteiger partial charge in [0.2, 0.25) is 5.88 Å². The van der Waals surface area contributed by atoms with E-state index in [1.54, 1.807) is 25.4 Å². The molecule has 7 nitrogen and oxygen atoms in total. The maximum atomic E-state index is 12.2. The molecule has 0 aliphatic heterocycles. The first kappa shape index (κ1) is 27.8. The Kier molecular flexibility index (Phi) is 12.8. The topological polar surface area (TPSA) is 77.0 Å². The van der Waals surface area contributed by atoms with Gasteiger partial charge in [0.05, 0.1) is 13.2 Å². The lowest BCUT2D eigenvalue weighted by molar-refractivity contribution is -0.153. The summed E-state index contributed by atoms with van der Waals surface area (Å²) < 4.78 is 52.0. The third kappa shape index (κ3) is 10.8. The van der Waals surface area contributed by atoms with Gasteiger partial charge in [-0.3, -0.25) is 0 Å². The van der Waals surface area contributed by atoms with Crippen molar-refractivity contribution in [1.29, 1.82) is 0 Å². The second-order valence-electron chi connectivity index (χ2n) is 6.41. The van der Waals surface area contributed by atoms with Crippen LogP contribution in [0.5, 0.6) is 11.6 Å². The lowest BCUT2D eigenvalue weighted by Crippen LogP contribution is -2.36. The summed E-state index contributed by atoms with van der Waals surface area (Å²) in [6, 6.07) is 10.1. The number of rotatable bonds is 11. The van der Waals surface area contributed by atoms with E-state index in [4.69, 9.17) is 14.2 Å². The Morgan fingerprint density at radius 1 is 1.06 bits per heavy atom. The second-order valence-corrected chi connectivity index (χ2v) is 6.41. The van der Waals surface area contributed by atoms with Crippen molar-refractivity contribution >= 4 is 29.9 Å². The summed E-state index contributed by atoms with van der Waals surface area (Å²) in [5.74, 6) is 1.27. The zero-order valence-electron chi connectivity index (χ0n) is 17.9. The van der Waals surface area contributed by atoms with Gasteiger partial charge in [-0.05, 0) is 30.7 Å². The fourth-order valence-electron chi connectivity index (χ4n) is 2.46. The molecular weight excluding hydrogens is 540 g/mol. The van der Waals surface area contributed by atoms with Gasteiger partial charge in [-0.1, -0.05) is 18.2 Å². The molecular formula is C21H28F3IN4O3. The Labute approximate surface area is 202 Å². The predicted octanol–water partition coefficient (Wildman–Crippen LogP) is 3.92. The summed E-state index contributed by atoms with van der Waals surface area (Å²) in [5, 5.41) is 6.38. The fraction of sp³-hybridized carbons (Fsp3) is 0.429. The zero-order valence-corrected chi connectivity index (χ0v) is 20.3. The summed E-state index contributed by atoms with van der Waals surface area (Å²) in [6.07, 6.45) is -2.70. The zero-order chi connectivity index (χ0) is 22.5. The highest BCUT2D eigenvalue weighted by Gasteiger charge is 2.28. The SMILES string of the molecule is CCNC(=NCc1ccc(OCC(F)(F)F)cc1)NCc1cccnc1OCCOC.I. The number of methoxy groups -OCH3 is 1. The van der Waals surface area contributed by atoms with Crippen LogP contribution in [0.1, 0.15) is 18.1 Å². The van der Waals surface area contributed by atoms with E-state index in [1.165, 1.54) is 12.1 Å². The maximum absolute atomic E-state index is 12.2. The molecule has 0 aliphatic rings. The van der Waals surface area contributed by atoms with Crippen molar-refractivity contribution < 1.29 is 27.4 Å². The molecule has 1 aromatic carbocycles. The number of benzene rings is 1. The van der Waals surface area contributed by atoms with E-state index < -0.39 is 12.8 Å². The molecule has 0 bridgehead atoms. The van der Waals surface area contributed by atoms with Crippen molar-refractivity contribution in [3.05, 3.63) is 53.7 Å². The van der Waals surface area contributed by atoms with Crippen LogP contribution < -0.4 is 20.1 Å². The normalized spacial score (nSPS) is 11.5. The van der Waals surface area contributed by atoms with Crippen LogP contribution in [-0.4, -0.2) is 50.6 Å². The highest BCUT2D eigenvalue weighted by Crippen LogP contribution is 2.19. The summed E-state index contributed by atoms with van der Waals surface area (Å²) in [4.78, 5) is 8.76. The molecule has 0 radical (unpaired) electrons. The monoisotopic (exact) mass is 568 g/mol. The molecule has 2 rings (SSSR count). The number of ether oxygens (including phenoxy) is 3. The van der Waals surface area contributed by atoms with Crippen LogP contribution in [0.15, 0.2) is 47.6 Å². The van der Waals surface area contributed by atoms with Gasteiger partial charge in [0.15, 0.2) is 12.6 Å². The van der Waals surface area contributed by atoms with Gasteiger partial charge in [0.1, 0.15) is 12.4 Å². The molecule has 1 aromatic heterocycles. The van der Waals surface area contributed by atoms with Crippen molar-refractivity contribution in [2.75, 3.05) is 33.5 Å². The molecule has 32 heavy (non-hydrogen) atoms. The van der Waals surface area contributed by atoms with E-state index in [0.29, 0.717) is 44.7 Å². The molecule has 11 heteroatoms. The van der Waals surface area contributed by atoms with E-state index in [0.717, 1.165) is 11.1 Å². The van der Waals surface area contributed by atoms with Gasteiger partial charge in [-0.2, -0.15) is 13.2 Å². The van der Waals surface area contributed by atoms with Gasteiger partial charge < -0.3 is 24.8 Å². The van der Waals surface area contributed by atoms with Crippen LogP contribution in [0.4, 0.5) is 13.2 Å². The van der Waals surface area contributed by atoms with Gasteiger partial charge >= 0.3 is 6.18 Å². The van der Waals surface area contributed by atoms with Crippen LogP contribution in [0.25, 0.3) is 0 Å². The van der Waals surface area contributed by atoms with E-state index in [2.05, 4.69) is 20.6 Å². The van der Waals surface area contributed by atoms with Crippen LogP contribution >= 0.6 is 24.0 Å². The molecule has 0 atom stereocenters. The Morgan fingerprint density at radius 2 is 1.81 bits per heavy atom. The second kappa shape index (κ2) is 14.7. The number of nitrogens with zero attached hydrogens (tertiary/aromatic N) is 2. The number of halogens is 4. The first-order valence-electron chi connectivity index (χ1n) is 9.77. The number of hydrogen-bond donors (Lipinski definition) is 2. The van der Waals surface area contributed by atoms with Gasteiger partial charge in [-0.25, -0.2) is 9.98 Å². The number of guanidine groups is 1. The quantitative estimate of drug-likeness (QED) is 0.185. The van der Waals surface area contributed by atoms with Gasteiger partial charge in [-0.15, -0.1) is 24.0 Å². The van der Waals surface area contributed by atoms with Crippen LogP contribution in [0.3, 0.4) is 0 Å². The fourth-order valence-corrected chi connectivity index (χ4v) is 2.46. The third-order valence-electron chi connectivity index (χ3n) is 3.91. The van der Waals surface area contributed by atoms with E-state index in [9.17, 15) is 13.2 Å². The lowest BCUT2D eigenvalue weighted by Gasteiger charge is -2.14. The largest absolute Gasteiger partial charge is 0.484 e. The molecule has 0 spiro atoms. The Balaban J connectivity index is 0.00000512. The molecule has 2 N–H and O–H groups in total. The molecule has 178 valence electrons. The van der Waals surface area contributed by atoms with Crippen molar-refractivity contribution in [2.45, 2.75) is 26.2 Å². The highest BCUT2D eigenvalue weighted by molar-refractivity contribution is 14.0. The minimum atomic E-state index is -4.36. The molecule has 0 unspecified atom stereocenters. The highest BCUT2D eigenvalue weighted by atomic mass is 127. The lowest BCUT2D eigenvalue weighted by atomic mass is 10.2. The van der Waals surface area contributed by atoms with Crippen molar-refractivity contribution in [1.82, 2.24) is 15.6 Å². The minimum Gasteiger partial charge on any atom is -0.484 e. The standard InChI is InChI=1S/C21H27F3N4O3.HI/c1-3-25-20(28-14-17-5-4-10-26-19(17)30-12-11-29-2)27-13-16-6-8-18(9-7-16)31-15-21(22,23)24;/h4-10H,3,11-15H2,1-2H3,(H2,25,27,28);1H. The molecule has 0 aliphatic carbocycles. The summed E-state index contributed by atoms with van der Waals surface area (Å²) in [7, 11) is 1.60.